The number of phenolic OH excluding ortho intramolecular Hbond substituents is 2. The molecule has 0 aromatic heterocycles. The van der Waals surface area contributed by atoms with Gasteiger partial charge in [0.15, 0.2) is 0 Å². The zero-order chi connectivity index (χ0) is 19.2. The second-order valence-electron chi connectivity index (χ2n) is 9.53. The number of rotatable bonds is 2. The Morgan fingerprint density at radius 1 is 0.520 bits per heavy atom. The molecule has 0 fully saturated rings. The van der Waals surface area contributed by atoms with Crippen molar-refractivity contribution in [3.8, 4) is 11.5 Å². The predicted molar refractivity (Wildman–Crippen MR) is 106 cm³/mol. The minimum Gasteiger partial charge on any atom is -0.507 e. The van der Waals surface area contributed by atoms with Crippen molar-refractivity contribution >= 4 is 0 Å². The monoisotopic (exact) mass is 340 g/mol. The van der Waals surface area contributed by atoms with Crippen molar-refractivity contribution in [2.45, 2.75) is 71.6 Å². The molecule has 0 amide bonds. The quantitative estimate of drug-likeness (QED) is 0.702. The fourth-order valence-corrected chi connectivity index (χ4v) is 3.45. The molecule has 0 saturated carbocycles. The fourth-order valence-electron chi connectivity index (χ4n) is 3.45. The van der Waals surface area contributed by atoms with E-state index in [9.17, 15) is 10.2 Å². The van der Waals surface area contributed by atoms with Gasteiger partial charge in [-0.05, 0) is 22.0 Å². The minimum atomic E-state index is -0.517. The lowest BCUT2D eigenvalue weighted by molar-refractivity contribution is 0.413. The lowest BCUT2D eigenvalue weighted by Gasteiger charge is -2.32. The fraction of sp³-hybridized carbons (Fsp3) is 0.478. The smallest absolute Gasteiger partial charge is 0.123 e. The first kappa shape index (κ1) is 19.4. The zero-order valence-electron chi connectivity index (χ0n) is 16.9. The van der Waals surface area contributed by atoms with Crippen molar-refractivity contribution in [2.75, 3.05) is 0 Å². The summed E-state index contributed by atoms with van der Waals surface area (Å²) in [5.74, 6) is 0.640. The van der Waals surface area contributed by atoms with Crippen LogP contribution in [0.4, 0.5) is 0 Å². The zero-order valence-corrected chi connectivity index (χ0v) is 16.9. The molecule has 2 aromatic rings. The van der Waals surface area contributed by atoms with Crippen LogP contribution in [0.1, 0.15) is 77.6 Å². The minimum absolute atomic E-state index is 0.147. The second-order valence-corrected chi connectivity index (χ2v) is 9.53. The van der Waals surface area contributed by atoms with E-state index in [-0.39, 0.29) is 10.8 Å². The average Bonchev–Trinajstić information content (AvgIpc) is 2.44. The summed E-state index contributed by atoms with van der Waals surface area (Å²) in [4.78, 5) is 0. The van der Waals surface area contributed by atoms with Gasteiger partial charge in [-0.25, -0.2) is 0 Å². The van der Waals surface area contributed by atoms with Crippen LogP contribution in [-0.4, -0.2) is 10.2 Å². The van der Waals surface area contributed by atoms with Crippen molar-refractivity contribution in [3.05, 3.63) is 58.7 Å². The Labute approximate surface area is 152 Å². The molecule has 0 unspecified atom stereocenters. The first-order valence-corrected chi connectivity index (χ1v) is 8.94. The van der Waals surface area contributed by atoms with E-state index in [1.54, 1.807) is 0 Å². The molecule has 0 saturated heterocycles. The molecular formula is C23H32O2. The van der Waals surface area contributed by atoms with E-state index < -0.39 is 5.41 Å². The molecular weight excluding hydrogens is 308 g/mol. The number of benzene rings is 2. The van der Waals surface area contributed by atoms with Gasteiger partial charge in [-0.3, -0.25) is 0 Å². The van der Waals surface area contributed by atoms with Crippen LogP contribution in [0.2, 0.25) is 0 Å². The number of phenols is 2. The van der Waals surface area contributed by atoms with Crippen molar-refractivity contribution in [1.82, 2.24) is 0 Å². The van der Waals surface area contributed by atoms with Crippen molar-refractivity contribution in [3.63, 3.8) is 0 Å². The maximum absolute atomic E-state index is 11.0. The van der Waals surface area contributed by atoms with Crippen LogP contribution in [0.15, 0.2) is 36.4 Å². The molecule has 0 radical (unpaired) electrons. The summed E-state index contributed by atoms with van der Waals surface area (Å²) in [5.41, 5.74) is 2.70. The summed E-state index contributed by atoms with van der Waals surface area (Å²) in [6, 6.07) is 11.8. The first-order valence-electron chi connectivity index (χ1n) is 8.94. The molecule has 2 rings (SSSR count). The lowest BCUT2D eigenvalue weighted by atomic mass is 9.73. The Bertz CT molecular complexity index is 706. The number of para-hydroxylation sites is 2. The maximum Gasteiger partial charge on any atom is 0.123 e. The van der Waals surface area contributed by atoms with Crippen LogP contribution in [0.25, 0.3) is 0 Å². The van der Waals surface area contributed by atoms with Crippen LogP contribution < -0.4 is 0 Å². The topological polar surface area (TPSA) is 40.5 Å². The van der Waals surface area contributed by atoms with E-state index in [0.29, 0.717) is 11.5 Å². The third-order valence-corrected chi connectivity index (χ3v) is 5.03. The Morgan fingerprint density at radius 2 is 0.800 bits per heavy atom. The molecule has 0 atom stereocenters. The van der Waals surface area contributed by atoms with Gasteiger partial charge in [0.1, 0.15) is 11.5 Å². The largest absolute Gasteiger partial charge is 0.507 e. The van der Waals surface area contributed by atoms with Crippen LogP contribution in [0, 0.1) is 0 Å². The summed E-state index contributed by atoms with van der Waals surface area (Å²) in [6.07, 6.45) is 0. The van der Waals surface area contributed by atoms with Gasteiger partial charge in [0, 0.05) is 16.5 Å². The average molecular weight is 341 g/mol. The molecule has 0 spiro atoms. The van der Waals surface area contributed by atoms with E-state index >= 15 is 0 Å². The van der Waals surface area contributed by atoms with E-state index in [1.165, 1.54) is 0 Å². The first-order chi connectivity index (χ1) is 11.3. The standard InChI is InChI=1S/C23H32O2/c1-21(2,3)15-11-9-13-17(19(15)24)23(7,8)18-14-10-12-16(20(18)25)22(4,5)6/h9-14,24-25H,1-8H3. The number of aromatic hydroxyl groups is 2. The molecule has 0 aliphatic heterocycles. The van der Waals surface area contributed by atoms with Crippen molar-refractivity contribution in [1.29, 1.82) is 0 Å². The Hall–Kier alpha value is -1.96. The van der Waals surface area contributed by atoms with Gasteiger partial charge in [-0.1, -0.05) is 91.8 Å². The molecule has 0 bridgehead atoms. The summed E-state index contributed by atoms with van der Waals surface area (Å²) >= 11 is 0. The van der Waals surface area contributed by atoms with E-state index in [4.69, 9.17) is 0 Å². The molecule has 2 heteroatoms. The van der Waals surface area contributed by atoms with Gasteiger partial charge in [0.05, 0.1) is 0 Å². The molecule has 136 valence electrons. The van der Waals surface area contributed by atoms with E-state index in [1.807, 2.05) is 36.4 Å². The molecule has 0 aliphatic carbocycles. The van der Waals surface area contributed by atoms with Crippen molar-refractivity contribution in [2.24, 2.45) is 0 Å². The lowest BCUT2D eigenvalue weighted by Crippen LogP contribution is -2.23. The summed E-state index contributed by atoms with van der Waals surface area (Å²) in [5, 5.41) is 21.9. The highest BCUT2D eigenvalue weighted by atomic mass is 16.3. The summed E-state index contributed by atoms with van der Waals surface area (Å²) in [7, 11) is 0. The molecule has 0 heterocycles. The van der Waals surface area contributed by atoms with Gasteiger partial charge in [0.25, 0.3) is 0 Å². The normalized spacial score (nSPS) is 13.1. The predicted octanol–water partition coefficient (Wildman–Crippen LogP) is 6.02. The van der Waals surface area contributed by atoms with Gasteiger partial charge in [-0.15, -0.1) is 0 Å². The van der Waals surface area contributed by atoms with Gasteiger partial charge in [-0.2, -0.15) is 0 Å². The molecule has 2 aromatic carbocycles. The summed E-state index contributed by atoms with van der Waals surface area (Å²) in [6.45, 7) is 16.7. The van der Waals surface area contributed by atoms with Gasteiger partial charge in [0.2, 0.25) is 0 Å². The van der Waals surface area contributed by atoms with Crippen LogP contribution >= 0.6 is 0 Å². The third-order valence-electron chi connectivity index (χ3n) is 5.03. The third kappa shape index (κ3) is 3.53. The van der Waals surface area contributed by atoms with E-state index in [2.05, 4.69) is 55.4 Å². The molecule has 25 heavy (non-hydrogen) atoms. The SMILES string of the molecule is CC(C)(C)c1cccc(C(C)(C)c2cccc(C(C)(C)C)c2O)c1O. The second kappa shape index (κ2) is 6.09. The summed E-state index contributed by atoms with van der Waals surface area (Å²) < 4.78 is 0. The number of hydrogen-bond acceptors (Lipinski definition) is 2. The highest BCUT2D eigenvalue weighted by Gasteiger charge is 2.33. The van der Waals surface area contributed by atoms with Crippen LogP contribution in [0.5, 0.6) is 11.5 Å². The molecule has 0 aliphatic rings. The molecule has 2 nitrogen and oxygen atoms in total. The van der Waals surface area contributed by atoms with Crippen molar-refractivity contribution < 1.29 is 10.2 Å². The highest BCUT2D eigenvalue weighted by molar-refractivity contribution is 5.56. The van der Waals surface area contributed by atoms with E-state index in [0.717, 1.165) is 22.3 Å². The molecule has 2 N–H and O–H groups in total. The number of hydrogen-bond donors (Lipinski definition) is 2. The Balaban J connectivity index is 2.69. The highest BCUT2D eigenvalue weighted by Crippen LogP contribution is 2.46. The Kier molecular flexibility index (Phi) is 4.71. The van der Waals surface area contributed by atoms with Crippen LogP contribution in [0.3, 0.4) is 0 Å². The Morgan fingerprint density at radius 3 is 1.08 bits per heavy atom. The van der Waals surface area contributed by atoms with Gasteiger partial charge < -0.3 is 10.2 Å². The van der Waals surface area contributed by atoms with Crippen LogP contribution in [-0.2, 0) is 16.2 Å². The van der Waals surface area contributed by atoms with Gasteiger partial charge >= 0.3 is 0 Å². The maximum atomic E-state index is 11.0.